The van der Waals surface area contributed by atoms with Gasteiger partial charge in [-0.15, -0.1) is 0 Å². The van der Waals surface area contributed by atoms with Gasteiger partial charge in [0.1, 0.15) is 5.15 Å². The molecule has 0 aliphatic rings. The topological polar surface area (TPSA) is 42.1 Å². The van der Waals surface area contributed by atoms with E-state index < -0.39 is 5.97 Å². The molecule has 1 heterocycles. The van der Waals surface area contributed by atoms with E-state index in [0.29, 0.717) is 10.7 Å². The van der Waals surface area contributed by atoms with Gasteiger partial charge in [-0.1, -0.05) is 11.6 Å². The number of hydrogen-bond donors (Lipinski definition) is 1. The zero-order valence-electron chi connectivity index (χ0n) is 5.35. The summed E-state index contributed by atoms with van der Waals surface area (Å²) >= 11 is 5.56. The minimum absolute atomic E-state index is 0.312. The lowest BCUT2D eigenvalue weighted by atomic mass is 10.3. The fraction of sp³-hybridized carbons (Fsp3) is 0.167. The average Bonchev–Trinajstić information content (AvgIpc) is 2.34. The molecule has 0 amide bonds. The Morgan fingerprint density at radius 3 is 2.90 bits per heavy atom. The van der Waals surface area contributed by atoms with Crippen molar-refractivity contribution >= 4 is 17.6 Å². The molecule has 1 rings (SSSR count). The second-order valence-corrected chi connectivity index (χ2v) is 2.07. The van der Waals surface area contributed by atoms with E-state index in [2.05, 4.69) is 9.72 Å². The van der Waals surface area contributed by atoms with Gasteiger partial charge in [-0.05, 0) is 6.07 Å². The maximum absolute atomic E-state index is 10.8. The van der Waals surface area contributed by atoms with Crippen LogP contribution in [0.1, 0.15) is 10.4 Å². The molecular formula is C6H6ClNO2. The molecule has 0 saturated carbocycles. The van der Waals surface area contributed by atoms with Crippen molar-refractivity contribution in [1.29, 1.82) is 0 Å². The summed E-state index contributed by atoms with van der Waals surface area (Å²) in [5.74, 6) is -0.425. The summed E-state index contributed by atoms with van der Waals surface area (Å²) in [6.07, 6.45) is 1.58. The maximum atomic E-state index is 10.8. The Morgan fingerprint density at radius 2 is 2.50 bits per heavy atom. The summed E-state index contributed by atoms with van der Waals surface area (Å²) in [5.41, 5.74) is 0.365. The van der Waals surface area contributed by atoms with Crippen LogP contribution in [0, 0.1) is 0 Å². The standard InChI is InChI=1S/C6H6ClNO2/c1-10-6(9)4-2-3-8-5(4)7/h2-3,8H,1H3. The SMILES string of the molecule is COC(=O)c1cc[nH]c1Cl. The van der Waals surface area contributed by atoms with E-state index in [9.17, 15) is 4.79 Å². The first-order chi connectivity index (χ1) is 4.75. The molecule has 1 aromatic rings. The molecule has 0 spiro atoms. The van der Waals surface area contributed by atoms with Crippen molar-refractivity contribution in [2.24, 2.45) is 0 Å². The van der Waals surface area contributed by atoms with Crippen LogP contribution >= 0.6 is 11.6 Å². The second kappa shape index (κ2) is 2.75. The van der Waals surface area contributed by atoms with Crippen LogP contribution in [-0.4, -0.2) is 18.1 Å². The first-order valence-corrected chi connectivity index (χ1v) is 3.04. The van der Waals surface area contributed by atoms with E-state index in [4.69, 9.17) is 11.6 Å². The number of halogens is 1. The van der Waals surface area contributed by atoms with Crippen molar-refractivity contribution < 1.29 is 9.53 Å². The van der Waals surface area contributed by atoms with Gasteiger partial charge in [-0.3, -0.25) is 0 Å². The van der Waals surface area contributed by atoms with Crippen LogP contribution in [0.5, 0.6) is 0 Å². The second-order valence-electron chi connectivity index (χ2n) is 1.70. The Labute approximate surface area is 62.9 Å². The highest BCUT2D eigenvalue weighted by Crippen LogP contribution is 2.12. The normalized spacial score (nSPS) is 9.40. The van der Waals surface area contributed by atoms with E-state index in [1.807, 2.05) is 0 Å². The maximum Gasteiger partial charge on any atom is 0.340 e. The lowest BCUT2D eigenvalue weighted by molar-refractivity contribution is 0.0601. The fourth-order valence-electron chi connectivity index (χ4n) is 0.617. The van der Waals surface area contributed by atoms with Crippen molar-refractivity contribution in [3.8, 4) is 0 Å². The number of H-pyrrole nitrogens is 1. The number of carbonyl (C=O) groups is 1. The Bertz CT molecular complexity index is 244. The Morgan fingerprint density at radius 1 is 1.80 bits per heavy atom. The van der Waals surface area contributed by atoms with Gasteiger partial charge in [0.2, 0.25) is 0 Å². The van der Waals surface area contributed by atoms with Gasteiger partial charge in [-0.25, -0.2) is 4.79 Å². The number of carbonyl (C=O) groups excluding carboxylic acids is 1. The highest BCUT2D eigenvalue weighted by molar-refractivity contribution is 6.32. The Hall–Kier alpha value is -0.960. The first kappa shape index (κ1) is 7.15. The number of esters is 1. The molecule has 10 heavy (non-hydrogen) atoms. The number of nitrogens with one attached hydrogen (secondary N) is 1. The fourth-order valence-corrected chi connectivity index (χ4v) is 0.820. The molecule has 0 unspecified atom stereocenters. The van der Waals surface area contributed by atoms with Gasteiger partial charge in [0.05, 0.1) is 12.7 Å². The van der Waals surface area contributed by atoms with E-state index in [1.165, 1.54) is 7.11 Å². The van der Waals surface area contributed by atoms with Crippen LogP contribution in [0.3, 0.4) is 0 Å². The largest absolute Gasteiger partial charge is 0.465 e. The van der Waals surface area contributed by atoms with Crippen LogP contribution in [0.2, 0.25) is 5.15 Å². The first-order valence-electron chi connectivity index (χ1n) is 2.67. The summed E-state index contributed by atoms with van der Waals surface area (Å²) in [4.78, 5) is 13.4. The van der Waals surface area contributed by atoms with E-state index in [-0.39, 0.29) is 0 Å². The smallest absolute Gasteiger partial charge is 0.340 e. The summed E-state index contributed by atoms with van der Waals surface area (Å²) < 4.78 is 4.43. The number of rotatable bonds is 1. The van der Waals surface area contributed by atoms with Gasteiger partial charge in [0.25, 0.3) is 0 Å². The number of ether oxygens (including phenoxy) is 1. The number of hydrogen-bond acceptors (Lipinski definition) is 2. The molecule has 0 radical (unpaired) electrons. The quantitative estimate of drug-likeness (QED) is 0.631. The van der Waals surface area contributed by atoms with Crippen LogP contribution in [0.15, 0.2) is 12.3 Å². The molecule has 4 heteroatoms. The summed E-state index contributed by atoms with van der Waals surface area (Å²) in [6, 6.07) is 1.56. The van der Waals surface area contributed by atoms with Crippen molar-refractivity contribution in [3.63, 3.8) is 0 Å². The Balaban J connectivity index is 2.93. The van der Waals surface area contributed by atoms with Crippen molar-refractivity contribution in [1.82, 2.24) is 4.98 Å². The third-order valence-electron chi connectivity index (χ3n) is 1.10. The molecular weight excluding hydrogens is 154 g/mol. The predicted octanol–water partition coefficient (Wildman–Crippen LogP) is 1.45. The van der Waals surface area contributed by atoms with Crippen molar-refractivity contribution in [3.05, 3.63) is 23.0 Å². The van der Waals surface area contributed by atoms with Crippen molar-refractivity contribution in [2.75, 3.05) is 7.11 Å². The minimum atomic E-state index is -0.425. The molecule has 1 aromatic heterocycles. The van der Waals surface area contributed by atoms with Crippen LogP contribution in [-0.2, 0) is 4.74 Å². The molecule has 0 aliphatic carbocycles. The van der Waals surface area contributed by atoms with Gasteiger partial charge in [0, 0.05) is 6.20 Å². The van der Waals surface area contributed by atoms with E-state index in [1.54, 1.807) is 12.3 Å². The molecule has 0 atom stereocenters. The molecule has 54 valence electrons. The third kappa shape index (κ3) is 1.14. The number of aromatic amines is 1. The van der Waals surface area contributed by atoms with Gasteiger partial charge < -0.3 is 9.72 Å². The number of aromatic nitrogens is 1. The summed E-state index contributed by atoms with van der Waals surface area (Å²) in [6.45, 7) is 0. The molecule has 0 fully saturated rings. The summed E-state index contributed by atoms with van der Waals surface area (Å²) in [5, 5.41) is 0.312. The van der Waals surface area contributed by atoms with Crippen LogP contribution < -0.4 is 0 Å². The number of methoxy groups -OCH3 is 1. The van der Waals surface area contributed by atoms with Crippen LogP contribution in [0.25, 0.3) is 0 Å². The highest BCUT2D eigenvalue weighted by Gasteiger charge is 2.09. The highest BCUT2D eigenvalue weighted by atomic mass is 35.5. The lowest BCUT2D eigenvalue weighted by Crippen LogP contribution is -1.99. The van der Waals surface area contributed by atoms with Crippen LogP contribution in [0.4, 0.5) is 0 Å². The lowest BCUT2D eigenvalue weighted by Gasteiger charge is -1.93. The minimum Gasteiger partial charge on any atom is -0.465 e. The zero-order chi connectivity index (χ0) is 7.56. The molecule has 0 aromatic carbocycles. The van der Waals surface area contributed by atoms with E-state index in [0.717, 1.165) is 0 Å². The van der Waals surface area contributed by atoms with Gasteiger partial charge in [-0.2, -0.15) is 0 Å². The molecule has 3 nitrogen and oxygen atoms in total. The average molecular weight is 160 g/mol. The molecule has 0 aliphatic heterocycles. The molecule has 1 N–H and O–H groups in total. The monoisotopic (exact) mass is 159 g/mol. The molecule has 0 saturated heterocycles. The van der Waals surface area contributed by atoms with Gasteiger partial charge >= 0.3 is 5.97 Å². The Kier molecular flexibility index (Phi) is 1.97. The molecule has 0 bridgehead atoms. The summed E-state index contributed by atoms with van der Waals surface area (Å²) in [7, 11) is 1.31. The van der Waals surface area contributed by atoms with Gasteiger partial charge in [0.15, 0.2) is 0 Å². The third-order valence-corrected chi connectivity index (χ3v) is 1.41. The van der Waals surface area contributed by atoms with E-state index >= 15 is 0 Å². The zero-order valence-corrected chi connectivity index (χ0v) is 6.11. The van der Waals surface area contributed by atoms with Crippen molar-refractivity contribution in [2.45, 2.75) is 0 Å². The predicted molar refractivity (Wildman–Crippen MR) is 37.1 cm³/mol.